The van der Waals surface area contributed by atoms with Crippen LogP contribution in [0.5, 0.6) is 0 Å². The summed E-state index contributed by atoms with van der Waals surface area (Å²) in [6, 6.07) is 7.93. The predicted molar refractivity (Wildman–Crippen MR) is 79.2 cm³/mol. The molecule has 1 aromatic rings. The van der Waals surface area contributed by atoms with E-state index < -0.39 is 0 Å². The van der Waals surface area contributed by atoms with Crippen molar-refractivity contribution in [1.82, 2.24) is 10.3 Å². The number of nitrogens with one attached hydrogen (secondary N) is 1. The summed E-state index contributed by atoms with van der Waals surface area (Å²) in [4.78, 5) is 13.5. The number of benzene rings is 1. The number of morpholine rings is 1. The molecule has 1 aromatic carbocycles. The summed E-state index contributed by atoms with van der Waals surface area (Å²) < 4.78 is 5.63. The van der Waals surface area contributed by atoms with Gasteiger partial charge in [0.2, 0.25) is 5.91 Å². The SMILES string of the molecule is CC1CN(Cc2ccc(CC(=O)NN)cc2)CC(CO)O1. The number of aliphatic hydroxyl groups is 1. The molecule has 0 saturated carbocycles. The normalized spacial score (nSPS) is 23.0. The van der Waals surface area contributed by atoms with E-state index in [1.54, 1.807) is 0 Å². The lowest BCUT2D eigenvalue weighted by Crippen LogP contribution is -2.47. The van der Waals surface area contributed by atoms with Crippen molar-refractivity contribution >= 4 is 5.91 Å². The lowest BCUT2D eigenvalue weighted by atomic mass is 10.1. The first-order valence-corrected chi connectivity index (χ1v) is 7.16. The van der Waals surface area contributed by atoms with Crippen molar-refractivity contribution in [3.63, 3.8) is 0 Å². The molecular weight excluding hydrogens is 270 g/mol. The van der Waals surface area contributed by atoms with Crippen LogP contribution in [-0.4, -0.2) is 47.8 Å². The first kappa shape index (κ1) is 15.9. The molecule has 6 heteroatoms. The molecule has 6 nitrogen and oxygen atoms in total. The standard InChI is InChI=1S/C15H23N3O3/c1-11-7-18(9-14(10-19)21-11)8-13-4-2-12(3-5-13)6-15(20)17-16/h2-5,11,14,19H,6-10,16H2,1H3,(H,17,20). The fourth-order valence-corrected chi connectivity index (χ4v) is 2.63. The molecule has 1 aliphatic heterocycles. The van der Waals surface area contributed by atoms with Gasteiger partial charge in [-0.25, -0.2) is 5.84 Å². The van der Waals surface area contributed by atoms with Crippen molar-refractivity contribution in [2.45, 2.75) is 32.1 Å². The van der Waals surface area contributed by atoms with Gasteiger partial charge in [0.1, 0.15) is 0 Å². The minimum absolute atomic E-state index is 0.0496. The quantitative estimate of drug-likeness (QED) is 0.397. The molecule has 1 saturated heterocycles. The average molecular weight is 293 g/mol. The summed E-state index contributed by atoms with van der Waals surface area (Å²) in [6.45, 7) is 4.47. The topological polar surface area (TPSA) is 87.8 Å². The number of ether oxygens (including phenoxy) is 1. The van der Waals surface area contributed by atoms with Crippen LogP contribution in [0.15, 0.2) is 24.3 Å². The van der Waals surface area contributed by atoms with Crippen LogP contribution in [0.3, 0.4) is 0 Å². The van der Waals surface area contributed by atoms with Gasteiger partial charge in [-0.3, -0.25) is 15.1 Å². The Bertz CT molecular complexity index is 464. The fourth-order valence-electron chi connectivity index (χ4n) is 2.63. The van der Waals surface area contributed by atoms with Crippen molar-refractivity contribution in [2.24, 2.45) is 5.84 Å². The fraction of sp³-hybridized carbons (Fsp3) is 0.533. The molecule has 1 fully saturated rings. The van der Waals surface area contributed by atoms with Crippen LogP contribution in [-0.2, 0) is 22.5 Å². The van der Waals surface area contributed by atoms with Crippen LogP contribution in [0.4, 0.5) is 0 Å². The highest BCUT2D eigenvalue weighted by atomic mass is 16.5. The van der Waals surface area contributed by atoms with Crippen molar-refractivity contribution < 1.29 is 14.6 Å². The Morgan fingerprint density at radius 1 is 1.38 bits per heavy atom. The van der Waals surface area contributed by atoms with Gasteiger partial charge < -0.3 is 9.84 Å². The van der Waals surface area contributed by atoms with Gasteiger partial charge in [-0.05, 0) is 18.1 Å². The molecule has 1 aliphatic rings. The number of nitrogens with zero attached hydrogens (tertiary/aromatic N) is 1. The Balaban J connectivity index is 1.92. The molecule has 116 valence electrons. The number of carbonyl (C=O) groups is 1. The van der Waals surface area contributed by atoms with Crippen LogP contribution < -0.4 is 11.3 Å². The van der Waals surface area contributed by atoms with Crippen LogP contribution in [0.25, 0.3) is 0 Å². The van der Waals surface area contributed by atoms with Crippen molar-refractivity contribution in [3.8, 4) is 0 Å². The minimum atomic E-state index is -0.199. The second kappa shape index (κ2) is 7.51. The molecule has 0 aromatic heterocycles. The Morgan fingerprint density at radius 3 is 2.67 bits per heavy atom. The molecule has 21 heavy (non-hydrogen) atoms. The van der Waals surface area contributed by atoms with Gasteiger partial charge in [0, 0.05) is 19.6 Å². The monoisotopic (exact) mass is 293 g/mol. The molecule has 0 bridgehead atoms. The third kappa shape index (κ3) is 4.78. The highest BCUT2D eigenvalue weighted by Crippen LogP contribution is 2.15. The molecule has 0 spiro atoms. The Morgan fingerprint density at radius 2 is 2.05 bits per heavy atom. The predicted octanol–water partition coefficient (Wildman–Crippen LogP) is -0.199. The molecule has 0 aliphatic carbocycles. The first-order valence-electron chi connectivity index (χ1n) is 7.16. The highest BCUT2D eigenvalue weighted by Gasteiger charge is 2.24. The zero-order valence-electron chi connectivity index (χ0n) is 12.3. The number of aliphatic hydroxyl groups excluding tert-OH is 1. The van der Waals surface area contributed by atoms with E-state index in [1.165, 1.54) is 5.56 Å². The largest absolute Gasteiger partial charge is 0.394 e. The van der Waals surface area contributed by atoms with E-state index in [9.17, 15) is 9.90 Å². The Labute approximate surface area is 124 Å². The van der Waals surface area contributed by atoms with E-state index in [0.29, 0.717) is 0 Å². The maximum atomic E-state index is 11.2. The smallest absolute Gasteiger partial charge is 0.238 e. The van der Waals surface area contributed by atoms with E-state index in [2.05, 4.69) is 10.3 Å². The maximum Gasteiger partial charge on any atom is 0.238 e. The number of amides is 1. The van der Waals surface area contributed by atoms with Gasteiger partial charge in [0.15, 0.2) is 0 Å². The lowest BCUT2D eigenvalue weighted by molar-refractivity contribution is -0.120. The number of carbonyl (C=O) groups excluding carboxylic acids is 1. The van der Waals surface area contributed by atoms with Crippen molar-refractivity contribution in [3.05, 3.63) is 35.4 Å². The van der Waals surface area contributed by atoms with Gasteiger partial charge in [0.05, 0.1) is 25.2 Å². The molecule has 0 radical (unpaired) electrons. The second-order valence-corrected chi connectivity index (χ2v) is 5.51. The molecule has 1 heterocycles. The molecule has 2 rings (SSSR count). The number of hydrogen-bond donors (Lipinski definition) is 3. The van der Waals surface area contributed by atoms with E-state index >= 15 is 0 Å². The Kier molecular flexibility index (Phi) is 5.69. The second-order valence-electron chi connectivity index (χ2n) is 5.51. The number of rotatable bonds is 5. The van der Waals surface area contributed by atoms with Crippen LogP contribution in [0.2, 0.25) is 0 Å². The summed E-state index contributed by atoms with van der Waals surface area (Å²) in [6.07, 6.45) is 0.308. The number of nitrogens with two attached hydrogens (primary N) is 1. The third-order valence-electron chi connectivity index (χ3n) is 3.56. The average Bonchev–Trinajstić information content (AvgIpc) is 2.48. The summed E-state index contributed by atoms with van der Waals surface area (Å²) >= 11 is 0. The van der Waals surface area contributed by atoms with Gasteiger partial charge in [0.25, 0.3) is 0 Å². The van der Waals surface area contributed by atoms with Gasteiger partial charge in [-0.1, -0.05) is 24.3 Å². The minimum Gasteiger partial charge on any atom is -0.394 e. The number of hydrogen-bond acceptors (Lipinski definition) is 5. The van der Waals surface area contributed by atoms with Gasteiger partial charge >= 0.3 is 0 Å². The highest BCUT2D eigenvalue weighted by molar-refractivity contribution is 5.77. The van der Waals surface area contributed by atoms with Crippen LogP contribution >= 0.6 is 0 Å². The summed E-state index contributed by atoms with van der Waals surface area (Å²) in [5.74, 6) is 4.88. The molecule has 4 N–H and O–H groups in total. The van der Waals surface area contributed by atoms with Gasteiger partial charge in [-0.2, -0.15) is 0 Å². The molecular formula is C15H23N3O3. The Hall–Kier alpha value is -1.47. The number of hydrazine groups is 1. The third-order valence-corrected chi connectivity index (χ3v) is 3.56. The summed E-state index contributed by atoms with van der Waals surface area (Å²) in [7, 11) is 0. The molecule has 2 unspecified atom stereocenters. The maximum absolute atomic E-state index is 11.2. The first-order chi connectivity index (χ1) is 10.1. The van der Waals surface area contributed by atoms with Crippen molar-refractivity contribution in [2.75, 3.05) is 19.7 Å². The van der Waals surface area contributed by atoms with Crippen LogP contribution in [0.1, 0.15) is 18.1 Å². The van der Waals surface area contributed by atoms with Gasteiger partial charge in [-0.15, -0.1) is 0 Å². The van der Waals surface area contributed by atoms with E-state index in [0.717, 1.165) is 25.2 Å². The van der Waals surface area contributed by atoms with Crippen LogP contribution in [0, 0.1) is 0 Å². The summed E-state index contributed by atoms with van der Waals surface area (Å²) in [5.41, 5.74) is 4.24. The molecule has 2 atom stereocenters. The zero-order chi connectivity index (χ0) is 15.2. The van der Waals surface area contributed by atoms with E-state index in [1.807, 2.05) is 31.2 Å². The van der Waals surface area contributed by atoms with E-state index in [4.69, 9.17) is 10.6 Å². The lowest BCUT2D eigenvalue weighted by Gasteiger charge is -2.36. The van der Waals surface area contributed by atoms with E-state index in [-0.39, 0.29) is 31.1 Å². The van der Waals surface area contributed by atoms with Crippen molar-refractivity contribution in [1.29, 1.82) is 0 Å². The summed E-state index contributed by atoms with van der Waals surface area (Å²) in [5, 5.41) is 9.24. The molecule has 1 amide bonds. The zero-order valence-corrected chi connectivity index (χ0v) is 12.3.